The van der Waals surface area contributed by atoms with Crippen LogP contribution in [-0.4, -0.2) is 56.4 Å². The average molecular weight is 695 g/mol. The van der Waals surface area contributed by atoms with E-state index in [9.17, 15) is 14.4 Å². The van der Waals surface area contributed by atoms with Crippen molar-refractivity contribution in [3.8, 4) is 11.5 Å². The number of hydrogen-bond acceptors (Lipinski definition) is 7. The molecule has 10 heteroatoms. The van der Waals surface area contributed by atoms with Crippen molar-refractivity contribution in [2.45, 2.75) is 69.7 Å². The molecule has 0 saturated carbocycles. The van der Waals surface area contributed by atoms with Gasteiger partial charge in [0.2, 0.25) is 11.8 Å². The van der Waals surface area contributed by atoms with Crippen LogP contribution in [0.5, 0.6) is 11.5 Å². The fourth-order valence-corrected chi connectivity index (χ4v) is 5.97. The molecule has 51 heavy (non-hydrogen) atoms. The zero-order valence-electron chi connectivity index (χ0n) is 30.1. The number of amides is 3. The summed E-state index contributed by atoms with van der Waals surface area (Å²) < 4.78 is 16.4. The van der Waals surface area contributed by atoms with Crippen LogP contribution in [-0.2, 0) is 26.3 Å². The van der Waals surface area contributed by atoms with Crippen LogP contribution in [0.25, 0.3) is 0 Å². The molecular weight excluding hydrogens is 644 g/mol. The molecule has 5 N–H and O–H groups in total. The number of rotatable bonds is 17. The van der Waals surface area contributed by atoms with Gasteiger partial charge in [-0.1, -0.05) is 84.9 Å². The zero-order valence-corrected chi connectivity index (χ0v) is 30.1. The quantitative estimate of drug-likeness (QED) is 0.0802. The highest BCUT2D eigenvalue weighted by Crippen LogP contribution is 2.39. The number of nitrogens with one attached hydrogen (secondary N) is 3. The first-order chi connectivity index (χ1) is 24.4. The smallest absolute Gasteiger partial charge is 0.407 e. The van der Waals surface area contributed by atoms with Crippen molar-refractivity contribution in [3.63, 3.8) is 0 Å². The Morgan fingerprint density at radius 3 is 1.69 bits per heavy atom. The Kier molecular flexibility index (Phi) is 13.6. The molecule has 0 radical (unpaired) electrons. The number of nitrogens with two attached hydrogens (primary N) is 1. The third-order valence-electron chi connectivity index (χ3n) is 8.49. The van der Waals surface area contributed by atoms with E-state index in [2.05, 4.69) is 16.0 Å². The second-order valence-corrected chi connectivity index (χ2v) is 13.3. The van der Waals surface area contributed by atoms with E-state index >= 15 is 0 Å². The first-order valence-corrected chi connectivity index (χ1v) is 17.2. The molecule has 0 unspecified atom stereocenters. The standard InChI is InChI=1S/C41H50N4O6/c1-40(2,3)51-39(48)43-27-13-12-18-35(38(47)44-36(37(42)46)28-29-14-8-6-9-15-29)45-41(30-16-10-7-11-17-30,31-19-23-33(49-4)24-20-31)32-21-25-34(50-5)26-22-32/h6-11,14-17,19-26,35-36,45H,12-13,18,27-28H2,1-5H3,(H2,42,46)(H,43,48)(H,44,47)/t35-,36-/m0/s1. The van der Waals surface area contributed by atoms with Crippen molar-refractivity contribution in [3.05, 3.63) is 131 Å². The van der Waals surface area contributed by atoms with E-state index in [4.69, 9.17) is 19.9 Å². The van der Waals surface area contributed by atoms with Crippen LogP contribution in [0, 0.1) is 0 Å². The number of methoxy groups -OCH3 is 2. The lowest BCUT2D eigenvalue weighted by molar-refractivity contribution is -0.129. The van der Waals surface area contributed by atoms with Crippen molar-refractivity contribution in [1.29, 1.82) is 0 Å². The second-order valence-electron chi connectivity index (χ2n) is 13.3. The minimum absolute atomic E-state index is 0.245. The molecule has 4 aromatic carbocycles. The highest BCUT2D eigenvalue weighted by molar-refractivity contribution is 5.89. The fraction of sp³-hybridized carbons (Fsp3) is 0.341. The number of alkyl carbamates (subject to hydrolysis) is 1. The molecule has 0 heterocycles. The summed E-state index contributed by atoms with van der Waals surface area (Å²) in [5, 5.41) is 9.53. The van der Waals surface area contributed by atoms with Crippen LogP contribution in [0.3, 0.4) is 0 Å². The first-order valence-electron chi connectivity index (χ1n) is 17.2. The maximum Gasteiger partial charge on any atom is 0.407 e. The summed E-state index contributed by atoms with van der Waals surface area (Å²) in [4.78, 5) is 39.4. The van der Waals surface area contributed by atoms with Crippen molar-refractivity contribution < 1.29 is 28.6 Å². The Morgan fingerprint density at radius 2 is 1.20 bits per heavy atom. The predicted octanol–water partition coefficient (Wildman–Crippen LogP) is 5.86. The second kappa shape index (κ2) is 18.1. The van der Waals surface area contributed by atoms with E-state index in [0.29, 0.717) is 37.3 Å². The SMILES string of the molecule is COc1ccc(C(N[C@@H](CCCCNC(=O)OC(C)(C)C)C(=O)N[C@@H](Cc2ccccc2)C(N)=O)(c2ccccc2)c2ccc(OC)cc2)cc1. The predicted molar refractivity (Wildman–Crippen MR) is 199 cm³/mol. The molecule has 0 fully saturated rings. The van der Waals surface area contributed by atoms with Crippen LogP contribution >= 0.6 is 0 Å². The zero-order chi connectivity index (χ0) is 36.9. The number of hydrogen-bond donors (Lipinski definition) is 4. The largest absolute Gasteiger partial charge is 0.497 e. The normalized spacial score (nSPS) is 12.6. The van der Waals surface area contributed by atoms with Gasteiger partial charge in [0, 0.05) is 13.0 Å². The number of unbranched alkanes of at least 4 members (excludes halogenated alkanes) is 1. The highest BCUT2D eigenvalue weighted by atomic mass is 16.6. The highest BCUT2D eigenvalue weighted by Gasteiger charge is 2.40. The Morgan fingerprint density at radius 1 is 0.686 bits per heavy atom. The maximum absolute atomic E-state index is 14.4. The fourth-order valence-electron chi connectivity index (χ4n) is 5.97. The van der Waals surface area contributed by atoms with Crippen molar-refractivity contribution >= 4 is 17.9 Å². The molecule has 2 atom stereocenters. The monoisotopic (exact) mass is 694 g/mol. The van der Waals surface area contributed by atoms with Gasteiger partial charge in [0.1, 0.15) is 23.1 Å². The molecule has 0 saturated heterocycles. The molecule has 4 rings (SSSR count). The summed E-state index contributed by atoms with van der Waals surface area (Å²) in [6, 6.07) is 33.0. The molecule has 0 bridgehead atoms. The maximum atomic E-state index is 14.4. The lowest BCUT2D eigenvalue weighted by Crippen LogP contribution is -2.58. The summed E-state index contributed by atoms with van der Waals surface area (Å²) in [6.45, 7) is 5.79. The number of ether oxygens (including phenoxy) is 3. The van der Waals surface area contributed by atoms with Crippen LogP contribution in [0.15, 0.2) is 109 Å². The molecule has 0 aromatic heterocycles. The van der Waals surface area contributed by atoms with Gasteiger partial charge in [0.15, 0.2) is 0 Å². The molecule has 0 aliphatic rings. The molecule has 4 aromatic rings. The lowest BCUT2D eigenvalue weighted by Gasteiger charge is -2.40. The van der Waals surface area contributed by atoms with Gasteiger partial charge in [-0.15, -0.1) is 0 Å². The third kappa shape index (κ3) is 10.8. The Hall–Kier alpha value is -5.35. The van der Waals surface area contributed by atoms with E-state index in [1.807, 2.05) is 130 Å². The summed E-state index contributed by atoms with van der Waals surface area (Å²) in [5.41, 5.74) is 7.67. The van der Waals surface area contributed by atoms with Gasteiger partial charge >= 0.3 is 6.09 Å². The molecule has 10 nitrogen and oxygen atoms in total. The first kappa shape index (κ1) is 38.5. The van der Waals surface area contributed by atoms with Crippen LogP contribution < -0.4 is 31.2 Å². The Balaban J connectivity index is 1.75. The lowest BCUT2D eigenvalue weighted by atomic mass is 9.76. The van der Waals surface area contributed by atoms with E-state index in [1.54, 1.807) is 14.2 Å². The minimum atomic E-state index is -1.04. The molecule has 0 aliphatic carbocycles. The average Bonchev–Trinajstić information content (AvgIpc) is 3.12. The van der Waals surface area contributed by atoms with Gasteiger partial charge < -0.3 is 30.6 Å². The summed E-state index contributed by atoms with van der Waals surface area (Å²) >= 11 is 0. The van der Waals surface area contributed by atoms with Crippen LogP contribution in [0.1, 0.15) is 62.3 Å². The van der Waals surface area contributed by atoms with Gasteiger partial charge in [-0.25, -0.2) is 4.79 Å². The number of benzene rings is 4. The van der Waals surface area contributed by atoms with Gasteiger partial charge in [0.05, 0.1) is 25.8 Å². The third-order valence-corrected chi connectivity index (χ3v) is 8.49. The number of carbonyl (C=O) groups is 3. The van der Waals surface area contributed by atoms with Gasteiger partial charge in [-0.2, -0.15) is 0 Å². The molecule has 3 amide bonds. The van der Waals surface area contributed by atoms with E-state index in [0.717, 1.165) is 22.3 Å². The summed E-state index contributed by atoms with van der Waals surface area (Å²) in [5.74, 6) is 0.365. The van der Waals surface area contributed by atoms with Gasteiger partial charge in [0.25, 0.3) is 0 Å². The van der Waals surface area contributed by atoms with Gasteiger partial charge in [-0.05, 0) is 86.6 Å². The molecule has 270 valence electrons. The van der Waals surface area contributed by atoms with E-state index in [-0.39, 0.29) is 12.3 Å². The van der Waals surface area contributed by atoms with Gasteiger partial charge in [-0.3, -0.25) is 14.9 Å². The Labute approximate surface area is 301 Å². The van der Waals surface area contributed by atoms with E-state index in [1.165, 1.54) is 0 Å². The van der Waals surface area contributed by atoms with Crippen LogP contribution in [0.2, 0.25) is 0 Å². The van der Waals surface area contributed by atoms with Crippen molar-refractivity contribution in [2.75, 3.05) is 20.8 Å². The van der Waals surface area contributed by atoms with Crippen LogP contribution in [0.4, 0.5) is 4.79 Å². The number of primary amides is 1. The number of carbonyl (C=O) groups excluding carboxylic acids is 3. The minimum Gasteiger partial charge on any atom is -0.497 e. The molecule has 0 aliphatic heterocycles. The van der Waals surface area contributed by atoms with E-state index < -0.39 is 35.2 Å². The summed E-state index contributed by atoms with van der Waals surface area (Å²) in [7, 11) is 3.23. The molecular formula is C41H50N4O6. The van der Waals surface area contributed by atoms with Crippen molar-refractivity contribution in [1.82, 2.24) is 16.0 Å². The van der Waals surface area contributed by atoms with Crippen molar-refractivity contribution in [2.24, 2.45) is 5.73 Å². The topological polar surface area (TPSA) is 141 Å². The molecule has 0 spiro atoms. The summed E-state index contributed by atoms with van der Waals surface area (Å²) in [6.07, 6.45) is 1.27. The Bertz CT molecular complexity index is 1640.